The van der Waals surface area contributed by atoms with Gasteiger partial charge in [0.05, 0.1) is 32.0 Å². The Morgan fingerprint density at radius 3 is 1.26 bits per heavy atom. The molecular formula is C75H137NO10. The van der Waals surface area contributed by atoms with E-state index in [0.717, 1.165) is 64.2 Å². The Labute approximate surface area is 528 Å². The van der Waals surface area contributed by atoms with Gasteiger partial charge in [-0.2, -0.15) is 0 Å². The molecule has 1 aliphatic rings. The molecule has 1 saturated heterocycles. The zero-order valence-corrected chi connectivity index (χ0v) is 55.8. The van der Waals surface area contributed by atoms with Gasteiger partial charge in [-0.1, -0.05) is 293 Å². The number of unbranched alkanes of at least 4 members (excludes halogenated alkanes) is 42. The number of aliphatic hydroxyl groups is 5. The summed E-state index contributed by atoms with van der Waals surface area (Å²) in [5.74, 6) is -0.189. The second kappa shape index (κ2) is 63.9. The number of carbonyl (C=O) groups is 2. The molecule has 0 aromatic carbocycles. The van der Waals surface area contributed by atoms with Gasteiger partial charge >= 0.3 is 5.97 Å². The van der Waals surface area contributed by atoms with Gasteiger partial charge in [0.15, 0.2) is 6.29 Å². The van der Waals surface area contributed by atoms with Gasteiger partial charge in [0, 0.05) is 12.8 Å². The summed E-state index contributed by atoms with van der Waals surface area (Å²) in [5, 5.41) is 54.3. The first kappa shape index (κ1) is 81.4. The lowest BCUT2D eigenvalue weighted by Gasteiger charge is -2.40. The molecule has 0 radical (unpaired) electrons. The Hall–Kier alpha value is -2.64. The molecule has 6 N–H and O–H groups in total. The van der Waals surface area contributed by atoms with Crippen LogP contribution in [0.2, 0.25) is 0 Å². The summed E-state index contributed by atoms with van der Waals surface area (Å²) in [6.07, 6.45) is 75.4. The molecule has 502 valence electrons. The lowest BCUT2D eigenvalue weighted by molar-refractivity contribution is -0.302. The summed E-state index contributed by atoms with van der Waals surface area (Å²) in [7, 11) is 0. The molecule has 0 aromatic heterocycles. The van der Waals surface area contributed by atoms with Crippen LogP contribution < -0.4 is 5.32 Å². The summed E-state index contributed by atoms with van der Waals surface area (Å²) >= 11 is 0. The second-order valence-corrected chi connectivity index (χ2v) is 25.3. The highest BCUT2D eigenvalue weighted by molar-refractivity contribution is 5.76. The van der Waals surface area contributed by atoms with Crippen LogP contribution in [-0.4, -0.2) is 100 Å². The fourth-order valence-electron chi connectivity index (χ4n) is 11.3. The van der Waals surface area contributed by atoms with Gasteiger partial charge in [0.25, 0.3) is 0 Å². The van der Waals surface area contributed by atoms with Gasteiger partial charge in [0.2, 0.25) is 5.91 Å². The number of esters is 1. The van der Waals surface area contributed by atoms with Gasteiger partial charge in [0.1, 0.15) is 24.4 Å². The van der Waals surface area contributed by atoms with E-state index < -0.39 is 49.5 Å². The van der Waals surface area contributed by atoms with E-state index in [2.05, 4.69) is 67.8 Å². The van der Waals surface area contributed by atoms with Crippen LogP contribution in [0.25, 0.3) is 0 Å². The van der Waals surface area contributed by atoms with Gasteiger partial charge in [-0.25, -0.2) is 0 Å². The van der Waals surface area contributed by atoms with Crippen LogP contribution in [0.15, 0.2) is 60.8 Å². The number of allylic oxidation sites excluding steroid dienone is 9. The van der Waals surface area contributed by atoms with Crippen molar-refractivity contribution in [1.82, 2.24) is 5.32 Å². The molecule has 1 amide bonds. The minimum Gasteiger partial charge on any atom is -0.466 e. The number of ether oxygens (including phenoxy) is 3. The zero-order valence-electron chi connectivity index (χ0n) is 55.8. The molecule has 1 aliphatic heterocycles. The van der Waals surface area contributed by atoms with Crippen molar-refractivity contribution >= 4 is 11.9 Å². The van der Waals surface area contributed by atoms with E-state index in [1.54, 1.807) is 6.08 Å². The molecule has 86 heavy (non-hydrogen) atoms. The molecule has 0 saturated carbocycles. The SMILES string of the molecule is CCCC/C=C\CCCCCCCC(=O)OCCCCCCCCCCCCCCC/C=C\C/C=C\CCCCCCCCCCCCCCCCCCCC(=O)NC(COC1OC(CO)C(O)C(O)C1O)C(O)/C=C/CC/C=C/CCCCCC. The van der Waals surface area contributed by atoms with E-state index in [1.165, 1.54) is 250 Å². The third kappa shape index (κ3) is 52.2. The van der Waals surface area contributed by atoms with Gasteiger partial charge in [-0.3, -0.25) is 9.59 Å². The second-order valence-electron chi connectivity index (χ2n) is 25.3. The number of hydrogen-bond donors (Lipinski definition) is 6. The number of hydrogen-bond acceptors (Lipinski definition) is 10. The number of amides is 1. The standard InChI is InChI=1S/C75H137NO10/c1-3-5-7-9-11-13-42-47-51-55-59-63-71(80)84-64-60-56-52-48-44-41-39-37-35-33-31-29-27-25-23-21-19-17-15-16-18-20-22-24-26-28-30-32-34-36-38-40-43-46-50-54-58-62-70(79)76-67(66-85-75-74(83)73(82)72(81)69(65-77)86-75)68(78)61-57-53-49-45-14-12-10-8-6-4-2/h9,11,14-15,17,21,23,45,57,61,67-69,72-75,77-78,81-83H,3-8,10,12-13,16,18-20,22,24-44,46-56,58-60,62-66H2,1-2H3,(H,76,79)/b11-9-,17-15-,23-21-,45-14+,61-57+. The zero-order chi connectivity index (χ0) is 62.3. The quantitative estimate of drug-likeness (QED) is 0.0195. The molecule has 11 heteroatoms. The first-order valence-electron chi connectivity index (χ1n) is 36.6. The monoisotopic (exact) mass is 1210 g/mol. The smallest absolute Gasteiger partial charge is 0.305 e. The van der Waals surface area contributed by atoms with Crippen molar-refractivity contribution in [3.63, 3.8) is 0 Å². The number of nitrogens with one attached hydrogen (secondary N) is 1. The molecule has 1 fully saturated rings. The van der Waals surface area contributed by atoms with E-state index in [4.69, 9.17) is 14.2 Å². The third-order valence-corrected chi connectivity index (χ3v) is 17.1. The minimum absolute atomic E-state index is 0.00102. The van der Waals surface area contributed by atoms with Gasteiger partial charge < -0.3 is 45.1 Å². The van der Waals surface area contributed by atoms with E-state index in [0.29, 0.717) is 19.4 Å². The topological polar surface area (TPSA) is 175 Å². The predicted octanol–water partition coefficient (Wildman–Crippen LogP) is 18.9. The molecule has 0 aliphatic carbocycles. The number of rotatable bonds is 64. The van der Waals surface area contributed by atoms with Crippen LogP contribution in [0.3, 0.4) is 0 Å². The summed E-state index contributed by atoms with van der Waals surface area (Å²) in [6.45, 7) is 4.28. The molecular weight excluding hydrogens is 1070 g/mol. The van der Waals surface area contributed by atoms with Crippen LogP contribution >= 0.6 is 0 Å². The molecule has 0 bridgehead atoms. The predicted molar refractivity (Wildman–Crippen MR) is 361 cm³/mol. The molecule has 1 heterocycles. The third-order valence-electron chi connectivity index (χ3n) is 17.1. The first-order valence-corrected chi connectivity index (χ1v) is 36.6. The molecule has 1 rings (SSSR count). The fraction of sp³-hybridized carbons (Fsp3) is 0.840. The van der Waals surface area contributed by atoms with Crippen LogP contribution in [-0.2, 0) is 23.8 Å². The van der Waals surface area contributed by atoms with Crippen LogP contribution in [0.1, 0.15) is 341 Å². The normalized spacial score (nSPS) is 18.2. The number of carbonyl (C=O) groups excluding carboxylic acids is 2. The highest BCUT2D eigenvalue weighted by atomic mass is 16.7. The van der Waals surface area contributed by atoms with Crippen molar-refractivity contribution in [1.29, 1.82) is 0 Å². The van der Waals surface area contributed by atoms with Crippen molar-refractivity contribution in [3.8, 4) is 0 Å². The summed E-state index contributed by atoms with van der Waals surface area (Å²) in [4.78, 5) is 25.0. The Balaban J connectivity index is 1.91. The van der Waals surface area contributed by atoms with Crippen LogP contribution in [0, 0.1) is 0 Å². The summed E-state index contributed by atoms with van der Waals surface area (Å²) in [6, 6.07) is -0.825. The molecule has 7 atom stereocenters. The fourth-order valence-corrected chi connectivity index (χ4v) is 11.3. The Morgan fingerprint density at radius 2 is 0.802 bits per heavy atom. The van der Waals surface area contributed by atoms with E-state index in [9.17, 15) is 35.1 Å². The number of aliphatic hydroxyl groups excluding tert-OH is 5. The largest absolute Gasteiger partial charge is 0.466 e. The Kier molecular flexibility index (Phi) is 60.5. The Morgan fingerprint density at radius 1 is 0.430 bits per heavy atom. The Bertz CT molecular complexity index is 1610. The van der Waals surface area contributed by atoms with Gasteiger partial charge in [-0.05, 0) is 96.3 Å². The van der Waals surface area contributed by atoms with Crippen molar-refractivity contribution in [3.05, 3.63) is 60.8 Å². The molecule has 0 aromatic rings. The molecule has 0 spiro atoms. The minimum atomic E-state index is -1.58. The maximum atomic E-state index is 13.0. The van der Waals surface area contributed by atoms with E-state index in [-0.39, 0.29) is 18.5 Å². The van der Waals surface area contributed by atoms with Crippen molar-refractivity contribution in [2.24, 2.45) is 0 Å². The van der Waals surface area contributed by atoms with Crippen molar-refractivity contribution in [2.75, 3.05) is 19.8 Å². The summed E-state index contributed by atoms with van der Waals surface area (Å²) in [5.41, 5.74) is 0. The van der Waals surface area contributed by atoms with Crippen molar-refractivity contribution in [2.45, 2.75) is 384 Å². The molecule has 11 nitrogen and oxygen atoms in total. The highest BCUT2D eigenvalue weighted by Crippen LogP contribution is 2.23. The molecule has 7 unspecified atom stereocenters. The maximum Gasteiger partial charge on any atom is 0.305 e. The van der Waals surface area contributed by atoms with E-state index >= 15 is 0 Å². The van der Waals surface area contributed by atoms with Crippen LogP contribution in [0.5, 0.6) is 0 Å². The maximum absolute atomic E-state index is 13.0. The lowest BCUT2D eigenvalue weighted by Crippen LogP contribution is -2.60. The van der Waals surface area contributed by atoms with Crippen LogP contribution in [0.4, 0.5) is 0 Å². The lowest BCUT2D eigenvalue weighted by atomic mass is 9.99. The highest BCUT2D eigenvalue weighted by Gasteiger charge is 2.44. The average molecular weight is 1210 g/mol. The first-order chi connectivity index (χ1) is 42.2. The van der Waals surface area contributed by atoms with E-state index in [1.807, 2.05) is 6.08 Å². The van der Waals surface area contributed by atoms with Gasteiger partial charge in [-0.15, -0.1) is 0 Å². The average Bonchev–Trinajstić information content (AvgIpc) is 3.55. The van der Waals surface area contributed by atoms with Crippen molar-refractivity contribution < 1.29 is 49.3 Å². The summed E-state index contributed by atoms with van der Waals surface area (Å²) < 4.78 is 16.7.